The largest absolute Gasteiger partial charge is 0.478 e. The average molecular weight is 542 g/mol. The number of aryl methyl sites for hydroxylation is 1. The first-order valence-corrected chi connectivity index (χ1v) is 12.5. The van der Waals surface area contributed by atoms with Crippen LogP contribution in [0.25, 0.3) is 16.7 Å². The van der Waals surface area contributed by atoms with Gasteiger partial charge in [-0.15, -0.1) is 0 Å². The van der Waals surface area contributed by atoms with Gasteiger partial charge in [-0.3, -0.25) is 14.2 Å². The van der Waals surface area contributed by atoms with Gasteiger partial charge in [0.2, 0.25) is 11.6 Å². The van der Waals surface area contributed by atoms with E-state index in [1.54, 1.807) is 50.4 Å². The number of carboxylic acids is 1. The Kier molecular flexibility index (Phi) is 5.90. The lowest BCUT2D eigenvalue weighted by Gasteiger charge is -2.15. The predicted octanol–water partition coefficient (Wildman–Crippen LogP) is 1.92. The number of aromatic carboxylic acids is 1. The van der Waals surface area contributed by atoms with Crippen molar-refractivity contribution in [3.63, 3.8) is 0 Å². The maximum Gasteiger partial charge on any atom is 0.419 e. The summed E-state index contributed by atoms with van der Waals surface area (Å²) in [4.78, 5) is 58.1. The number of nitrogens with one attached hydrogen (secondary N) is 2. The SMILES string of the molecule is Cc1c(C(=O)O)ccc2c1CC[C@@H]2NC(=O)c1nc(C(=O)NCc2ccc3oc(=O)n(C)c3c2)nc2ccnn12. The topological polar surface area (TPSA) is 174 Å². The third kappa shape index (κ3) is 4.17. The van der Waals surface area contributed by atoms with Crippen LogP contribution in [-0.2, 0) is 20.0 Å². The predicted molar refractivity (Wildman–Crippen MR) is 140 cm³/mol. The fraction of sp³-hybridized carbons (Fsp3) is 0.222. The molecule has 2 aromatic carbocycles. The van der Waals surface area contributed by atoms with Gasteiger partial charge in [0.25, 0.3) is 11.8 Å². The van der Waals surface area contributed by atoms with Crippen LogP contribution in [-0.4, -0.2) is 47.0 Å². The Morgan fingerprint density at radius 1 is 1.12 bits per heavy atom. The van der Waals surface area contributed by atoms with Crippen LogP contribution in [0.15, 0.2) is 51.8 Å². The van der Waals surface area contributed by atoms with Crippen molar-refractivity contribution in [3.05, 3.63) is 92.6 Å². The van der Waals surface area contributed by atoms with Crippen LogP contribution in [0.2, 0.25) is 0 Å². The summed E-state index contributed by atoms with van der Waals surface area (Å²) >= 11 is 0. The van der Waals surface area contributed by atoms with Crippen LogP contribution in [0.1, 0.15) is 66.3 Å². The molecule has 0 fully saturated rings. The molecule has 5 aromatic rings. The molecule has 40 heavy (non-hydrogen) atoms. The van der Waals surface area contributed by atoms with Crippen molar-refractivity contribution in [1.82, 2.24) is 34.8 Å². The lowest BCUT2D eigenvalue weighted by molar-refractivity contribution is 0.0695. The van der Waals surface area contributed by atoms with Gasteiger partial charge in [-0.2, -0.15) is 14.6 Å². The maximum absolute atomic E-state index is 13.4. The number of carbonyl (C=O) groups excluding carboxylic acids is 2. The fourth-order valence-corrected chi connectivity index (χ4v) is 5.10. The molecule has 3 aromatic heterocycles. The lowest BCUT2D eigenvalue weighted by Crippen LogP contribution is -2.32. The van der Waals surface area contributed by atoms with E-state index in [9.17, 15) is 24.3 Å². The number of oxazole rings is 1. The third-order valence-corrected chi connectivity index (χ3v) is 7.20. The Balaban J connectivity index is 1.23. The number of amides is 2. The third-order valence-electron chi connectivity index (χ3n) is 7.20. The van der Waals surface area contributed by atoms with Crippen LogP contribution >= 0.6 is 0 Å². The summed E-state index contributed by atoms with van der Waals surface area (Å²) in [5, 5.41) is 19.3. The van der Waals surface area contributed by atoms with E-state index < -0.39 is 23.5 Å². The van der Waals surface area contributed by atoms with Crippen molar-refractivity contribution in [2.75, 3.05) is 0 Å². The van der Waals surface area contributed by atoms with Crippen molar-refractivity contribution in [3.8, 4) is 0 Å². The maximum atomic E-state index is 13.4. The van der Waals surface area contributed by atoms with Gasteiger partial charge >= 0.3 is 11.7 Å². The Morgan fingerprint density at radius 3 is 2.75 bits per heavy atom. The van der Waals surface area contributed by atoms with Gasteiger partial charge in [-0.05, 0) is 60.2 Å². The fourth-order valence-electron chi connectivity index (χ4n) is 5.10. The number of carbonyl (C=O) groups is 3. The second-order valence-electron chi connectivity index (χ2n) is 9.56. The molecular weight excluding hydrogens is 518 g/mol. The van der Waals surface area contributed by atoms with E-state index in [1.165, 1.54) is 15.3 Å². The van der Waals surface area contributed by atoms with E-state index in [0.717, 1.165) is 16.7 Å². The summed E-state index contributed by atoms with van der Waals surface area (Å²) < 4.78 is 7.77. The summed E-state index contributed by atoms with van der Waals surface area (Å²) in [5.41, 5.74) is 4.72. The van der Waals surface area contributed by atoms with Gasteiger partial charge in [-0.1, -0.05) is 12.1 Å². The molecule has 2 amide bonds. The molecule has 1 aliphatic carbocycles. The molecule has 202 valence electrons. The zero-order chi connectivity index (χ0) is 28.1. The van der Waals surface area contributed by atoms with Crippen LogP contribution in [0.5, 0.6) is 0 Å². The highest BCUT2D eigenvalue weighted by Gasteiger charge is 2.29. The average Bonchev–Trinajstić information content (AvgIpc) is 3.65. The summed E-state index contributed by atoms with van der Waals surface area (Å²) in [6.45, 7) is 1.89. The number of fused-ring (bicyclic) bond motifs is 3. The number of carboxylic acid groups (broad SMARTS) is 1. The number of aromatic nitrogens is 5. The second kappa shape index (κ2) is 9.45. The minimum atomic E-state index is -0.992. The highest BCUT2D eigenvalue weighted by atomic mass is 16.4. The van der Waals surface area contributed by atoms with E-state index >= 15 is 0 Å². The summed E-state index contributed by atoms with van der Waals surface area (Å²) in [6, 6.07) is 9.60. The van der Waals surface area contributed by atoms with Crippen LogP contribution in [0, 0.1) is 6.92 Å². The molecule has 3 N–H and O–H groups in total. The normalized spacial score (nSPS) is 14.4. The van der Waals surface area contributed by atoms with E-state index in [1.807, 2.05) is 0 Å². The number of rotatable bonds is 6. The van der Waals surface area contributed by atoms with Crippen LogP contribution < -0.4 is 16.4 Å². The lowest BCUT2D eigenvalue weighted by atomic mass is 9.98. The van der Waals surface area contributed by atoms with Gasteiger partial charge in [0, 0.05) is 19.7 Å². The van der Waals surface area contributed by atoms with Gasteiger partial charge in [0.05, 0.1) is 23.3 Å². The number of benzene rings is 2. The van der Waals surface area contributed by atoms with E-state index in [2.05, 4.69) is 25.7 Å². The molecule has 0 spiro atoms. The molecule has 13 heteroatoms. The first kappa shape index (κ1) is 25.0. The van der Waals surface area contributed by atoms with E-state index in [4.69, 9.17) is 4.42 Å². The van der Waals surface area contributed by atoms with Gasteiger partial charge in [0.1, 0.15) is 0 Å². The Morgan fingerprint density at radius 2 is 1.95 bits per heavy atom. The Labute approximate surface area is 225 Å². The van der Waals surface area contributed by atoms with Crippen LogP contribution in [0.4, 0.5) is 0 Å². The first-order valence-electron chi connectivity index (χ1n) is 12.5. The molecule has 0 unspecified atom stereocenters. The van der Waals surface area contributed by atoms with Crippen molar-refractivity contribution in [2.24, 2.45) is 7.05 Å². The highest BCUT2D eigenvalue weighted by molar-refractivity contribution is 5.95. The Hall–Kier alpha value is -5.33. The minimum absolute atomic E-state index is 0.109. The molecule has 3 heterocycles. The number of hydrogen-bond donors (Lipinski definition) is 3. The quantitative estimate of drug-likeness (QED) is 0.290. The zero-order valence-electron chi connectivity index (χ0n) is 21.5. The van der Waals surface area contributed by atoms with Gasteiger partial charge < -0.3 is 20.2 Å². The molecule has 0 radical (unpaired) electrons. The summed E-state index contributed by atoms with van der Waals surface area (Å²) in [5.74, 6) is -2.93. The summed E-state index contributed by atoms with van der Waals surface area (Å²) in [6.07, 6.45) is 2.67. The minimum Gasteiger partial charge on any atom is -0.478 e. The molecule has 0 bridgehead atoms. The van der Waals surface area contributed by atoms with Crippen molar-refractivity contribution < 1.29 is 23.9 Å². The molecule has 0 saturated heterocycles. The Bertz CT molecular complexity index is 1920. The van der Waals surface area contributed by atoms with Crippen molar-refractivity contribution >= 4 is 34.5 Å². The zero-order valence-corrected chi connectivity index (χ0v) is 21.5. The molecule has 1 aliphatic rings. The standard InChI is InChI=1S/C27H23N7O6/c1-13-15-6-7-18(17(15)5-4-16(13)26(37)38)30-25(36)23-32-22(31-21-9-10-29-34(21)23)24(35)28-12-14-3-8-20-19(11-14)33(2)27(39)40-20/h3-5,8-11,18H,6-7,12H2,1-2H3,(H,28,35)(H,30,36)(H,37,38)/t18-/m0/s1. The van der Waals surface area contributed by atoms with E-state index in [0.29, 0.717) is 29.5 Å². The molecular formula is C27H23N7O6. The van der Waals surface area contributed by atoms with E-state index in [-0.39, 0.29) is 35.4 Å². The van der Waals surface area contributed by atoms with Crippen LogP contribution in [0.3, 0.4) is 0 Å². The molecule has 1 atom stereocenters. The summed E-state index contributed by atoms with van der Waals surface area (Å²) in [7, 11) is 1.59. The highest BCUT2D eigenvalue weighted by Crippen LogP contribution is 2.34. The molecule has 0 saturated carbocycles. The smallest absolute Gasteiger partial charge is 0.419 e. The second-order valence-corrected chi connectivity index (χ2v) is 9.56. The number of hydrogen-bond acceptors (Lipinski definition) is 8. The molecule has 6 rings (SSSR count). The van der Waals surface area contributed by atoms with Crippen molar-refractivity contribution in [1.29, 1.82) is 0 Å². The first-order chi connectivity index (χ1) is 19.2. The van der Waals surface area contributed by atoms with Gasteiger partial charge in [0.15, 0.2) is 11.2 Å². The molecule has 0 aliphatic heterocycles. The number of nitrogens with zero attached hydrogens (tertiary/aromatic N) is 5. The molecule has 13 nitrogen and oxygen atoms in total. The van der Waals surface area contributed by atoms with Gasteiger partial charge in [-0.25, -0.2) is 14.6 Å². The van der Waals surface area contributed by atoms with Crippen molar-refractivity contribution in [2.45, 2.75) is 32.4 Å². The monoisotopic (exact) mass is 541 g/mol.